The molecule has 11 heteroatoms. The normalized spacial score (nSPS) is 20.4. The lowest BCUT2D eigenvalue weighted by molar-refractivity contribution is -0.0443. The first-order valence-corrected chi connectivity index (χ1v) is 13.1. The molecule has 0 radical (unpaired) electrons. The fourth-order valence-electron chi connectivity index (χ4n) is 5.35. The monoisotopic (exact) mass is 529 g/mol. The highest BCUT2D eigenvalue weighted by molar-refractivity contribution is 5.94. The van der Waals surface area contributed by atoms with Gasteiger partial charge in [-0.3, -0.25) is 9.78 Å². The molecule has 1 aromatic carbocycles. The molecule has 0 spiro atoms. The van der Waals surface area contributed by atoms with Crippen LogP contribution in [0.15, 0.2) is 42.7 Å². The third kappa shape index (κ3) is 4.18. The van der Waals surface area contributed by atoms with Crippen LogP contribution in [-0.2, 0) is 15.9 Å². The number of carbonyl (C=O) groups is 1. The molecule has 2 fully saturated rings. The topological polar surface area (TPSA) is 106 Å². The Hall–Kier alpha value is -4.09. The number of halogens is 1. The fourth-order valence-corrected chi connectivity index (χ4v) is 5.35. The van der Waals surface area contributed by atoms with Crippen LogP contribution in [0.25, 0.3) is 16.9 Å². The van der Waals surface area contributed by atoms with E-state index in [0.29, 0.717) is 31.1 Å². The van der Waals surface area contributed by atoms with E-state index in [1.165, 1.54) is 16.3 Å². The lowest BCUT2D eigenvalue weighted by atomic mass is 9.98. The molecular weight excluding hydrogens is 501 g/mol. The molecule has 0 unspecified atom stereocenters. The number of alkyl halides is 1. The first-order chi connectivity index (χ1) is 19.0. The molecule has 5 heterocycles. The summed E-state index contributed by atoms with van der Waals surface area (Å²) in [6, 6.07) is 9.83. The van der Waals surface area contributed by atoms with Gasteiger partial charge in [0.05, 0.1) is 36.8 Å². The van der Waals surface area contributed by atoms with E-state index >= 15 is 0 Å². The van der Waals surface area contributed by atoms with E-state index in [9.17, 15) is 9.18 Å². The van der Waals surface area contributed by atoms with Crippen molar-refractivity contribution < 1.29 is 18.7 Å². The average molecular weight is 530 g/mol. The third-order valence-corrected chi connectivity index (χ3v) is 7.47. The number of fused-ring (bicyclic) bond motifs is 2. The van der Waals surface area contributed by atoms with Crippen molar-refractivity contribution in [3.8, 4) is 11.3 Å². The Morgan fingerprint density at radius 1 is 1.13 bits per heavy atom. The number of hydrogen-bond donors (Lipinski definition) is 2. The minimum Gasteiger partial charge on any atom is -0.385 e. The van der Waals surface area contributed by atoms with Crippen molar-refractivity contribution in [1.29, 1.82) is 0 Å². The van der Waals surface area contributed by atoms with Gasteiger partial charge in [-0.1, -0.05) is 6.07 Å². The highest BCUT2D eigenvalue weighted by atomic mass is 19.1. The first kappa shape index (κ1) is 24.0. The van der Waals surface area contributed by atoms with Gasteiger partial charge in [0.2, 0.25) is 0 Å². The number of amides is 1. The maximum Gasteiger partial charge on any atom is 0.271 e. The lowest BCUT2D eigenvalue weighted by Gasteiger charge is -2.21. The van der Waals surface area contributed by atoms with E-state index in [1.54, 1.807) is 0 Å². The number of hydrogen-bond acceptors (Lipinski definition) is 8. The van der Waals surface area contributed by atoms with Crippen LogP contribution in [0.5, 0.6) is 0 Å². The van der Waals surface area contributed by atoms with Crippen molar-refractivity contribution in [3.05, 3.63) is 65.1 Å². The second kappa shape index (κ2) is 9.28. The van der Waals surface area contributed by atoms with Crippen molar-refractivity contribution in [2.45, 2.75) is 38.3 Å². The largest absolute Gasteiger partial charge is 0.385 e. The van der Waals surface area contributed by atoms with Crippen LogP contribution in [0.4, 0.5) is 21.6 Å². The summed E-state index contributed by atoms with van der Waals surface area (Å²) in [5.41, 5.74) is 7.76. The van der Waals surface area contributed by atoms with Crippen LogP contribution in [0.2, 0.25) is 0 Å². The molecule has 4 aromatic rings. The Morgan fingerprint density at radius 2 is 1.95 bits per heavy atom. The van der Waals surface area contributed by atoms with E-state index in [-0.39, 0.29) is 17.9 Å². The Labute approximate surface area is 224 Å². The number of pyridine rings is 1. The number of ether oxygens (including phenoxy) is 2. The number of aromatic nitrogens is 4. The predicted molar refractivity (Wildman–Crippen MR) is 143 cm³/mol. The van der Waals surface area contributed by atoms with E-state index in [2.05, 4.69) is 39.6 Å². The summed E-state index contributed by atoms with van der Waals surface area (Å²) in [6.07, 6.45) is 3.11. The van der Waals surface area contributed by atoms with Crippen molar-refractivity contribution in [1.82, 2.24) is 24.9 Å². The Morgan fingerprint density at radius 3 is 2.67 bits per heavy atom. The molecule has 1 saturated carbocycles. The highest BCUT2D eigenvalue weighted by Crippen LogP contribution is 2.41. The van der Waals surface area contributed by atoms with Crippen molar-refractivity contribution >= 4 is 28.7 Å². The summed E-state index contributed by atoms with van der Waals surface area (Å²) in [4.78, 5) is 24.2. The molecule has 3 aliphatic rings. The zero-order valence-corrected chi connectivity index (χ0v) is 21.6. The van der Waals surface area contributed by atoms with Crippen LogP contribution in [0, 0.1) is 6.92 Å². The molecule has 200 valence electrons. The van der Waals surface area contributed by atoms with Crippen LogP contribution >= 0.6 is 0 Å². The maximum atomic E-state index is 13.4. The van der Waals surface area contributed by atoms with Gasteiger partial charge in [0.25, 0.3) is 5.91 Å². The smallest absolute Gasteiger partial charge is 0.271 e. The van der Waals surface area contributed by atoms with Gasteiger partial charge < -0.3 is 25.0 Å². The summed E-state index contributed by atoms with van der Waals surface area (Å²) < 4.78 is 26.2. The Kier molecular flexibility index (Phi) is 5.71. The molecular formula is C28H28FN7O3. The van der Waals surface area contributed by atoms with Crippen molar-refractivity contribution in [2.75, 3.05) is 37.0 Å². The quantitative estimate of drug-likeness (QED) is 0.389. The summed E-state index contributed by atoms with van der Waals surface area (Å²) in [7, 11) is 1.81. The van der Waals surface area contributed by atoms with Gasteiger partial charge in [0.1, 0.15) is 6.17 Å². The maximum absolute atomic E-state index is 13.4. The van der Waals surface area contributed by atoms with Gasteiger partial charge in [0, 0.05) is 49.1 Å². The minimum atomic E-state index is -0.988. The highest BCUT2D eigenvalue weighted by Gasteiger charge is 2.39. The molecule has 1 aliphatic carbocycles. The number of carbonyl (C=O) groups excluding carboxylic acids is 1. The third-order valence-electron chi connectivity index (χ3n) is 7.47. The molecule has 39 heavy (non-hydrogen) atoms. The standard InChI is InChI=1S/C28H28FN7O3/c1-15-9-18(20-4-3-16(13-31-20)28-38-7-8-39-28)17-5-6-35(23(17)10-15)25-12-22(30-2)26-32-14-24(36(26)34-25)27(37)33-21-11-19(21)29/h3-4,9-10,12-14,19,21,28,30H,5-8,11H2,1-2H3,(H,33,37)/t19-,21+/m0/s1. The van der Waals surface area contributed by atoms with Crippen molar-refractivity contribution in [3.63, 3.8) is 0 Å². The van der Waals surface area contributed by atoms with Gasteiger partial charge in [-0.15, -0.1) is 5.10 Å². The molecule has 0 bridgehead atoms. The number of nitrogens with zero attached hydrogens (tertiary/aromatic N) is 5. The summed E-state index contributed by atoms with van der Waals surface area (Å²) >= 11 is 0. The molecule has 10 nitrogen and oxygen atoms in total. The van der Waals surface area contributed by atoms with E-state index in [4.69, 9.17) is 19.6 Å². The SMILES string of the molecule is CNc1cc(N2CCc3c(-c4ccc(C5OCCO5)cn4)cc(C)cc32)nn2c(C(=O)N[C@@H]3C[C@@H]3F)cnc12. The van der Waals surface area contributed by atoms with Crippen LogP contribution < -0.4 is 15.5 Å². The minimum absolute atomic E-state index is 0.270. The molecule has 2 atom stereocenters. The molecule has 7 rings (SSSR count). The zero-order valence-electron chi connectivity index (χ0n) is 21.6. The zero-order chi connectivity index (χ0) is 26.7. The van der Waals surface area contributed by atoms with Crippen LogP contribution in [-0.4, -0.2) is 64.5 Å². The first-order valence-electron chi connectivity index (χ1n) is 13.1. The van der Waals surface area contributed by atoms with Crippen molar-refractivity contribution in [2.24, 2.45) is 0 Å². The molecule has 1 amide bonds. The summed E-state index contributed by atoms with van der Waals surface area (Å²) in [5, 5.41) is 10.7. The van der Waals surface area contributed by atoms with Crippen LogP contribution in [0.1, 0.15) is 39.9 Å². The van der Waals surface area contributed by atoms with E-state index in [0.717, 1.165) is 46.7 Å². The summed E-state index contributed by atoms with van der Waals surface area (Å²) in [6.45, 7) is 3.97. The number of nitrogens with one attached hydrogen (secondary N) is 2. The van der Waals surface area contributed by atoms with Gasteiger partial charge >= 0.3 is 0 Å². The average Bonchev–Trinajstić information content (AvgIpc) is 3.42. The molecule has 3 aromatic heterocycles. The second-order valence-electron chi connectivity index (χ2n) is 10.1. The number of rotatable bonds is 6. The Bertz CT molecular complexity index is 1580. The fraction of sp³-hybridized carbons (Fsp3) is 0.357. The lowest BCUT2D eigenvalue weighted by Crippen LogP contribution is -2.28. The summed E-state index contributed by atoms with van der Waals surface area (Å²) in [5.74, 6) is 0.296. The van der Waals surface area contributed by atoms with Gasteiger partial charge in [0.15, 0.2) is 23.4 Å². The van der Waals surface area contributed by atoms with Gasteiger partial charge in [-0.25, -0.2) is 13.9 Å². The molecule has 1 saturated heterocycles. The number of aryl methyl sites for hydroxylation is 1. The van der Waals surface area contributed by atoms with E-state index in [1.807, 2.05) is 31.4 Å². The number of imidazole rings is 1. The molecule has 2 aliphatic heterocycles. The van der Waals surface area contributed by atoms with E-state index < -0.39 is 12.2 Å². The second-order valence-corrected chi connectivity index (χ2v) is 10.1. The Balaban J connectivity index is 1.25. The number of anilines is 3. The van der Waals surface area contributed by atoms with Crippen LogP contribution in [0.3, 0.4) is 0 Å². The number of benzene rings is 1. The molecule has 2 N–H and O–H groups in total. The van der Waals surface area contributed by atoms with Gasteiger partial charge in [-0.05, 0) is 42.7 Å². The van der Waals surface area contributed by atoms with Gasteiger partial charge in [-0.2, -0.15) is 0 Å². The predicted octanol–water partition coefficient (Wildman–Crippen LogP) is 3.72.